The van der Waals surface area contributed by atoms with Gasteiger partial charge in [0.25, 0.3) is 5.91 Å². The molecule has 2 N–H and O–H groups in total. The van der Waals surface area contributed by atoms with Crippen LogP contribution in [-0.4, -0.2) is 32.3 Å². The van der Waals surface area contributed by atoms with E-state index in [4.69, 9.17) is 9.47 Å². The van der Waals surface area contributed by atoms with Crippen LogP contribution in [0.5, 0.6) is 5.75 Å². The van der Waals surface area contributed by atoms with Crippen LogP contribution in [-0.2, 0) is 9.53 Å². The van der Waals surface area contributed by atoms with Crippen LogP contribution in [0, 0.1) is 11.3 Å². The predicted octanol–water partition coefficient (Wildman–Crippen LogP) is 3.23. The Morgan fingerprint density at radius 3 is 2.72 bits per heavy atom. The van der Waals surface area contributed by atoms with Crippen LogP contribution in [0.4, 0.5) is 5.69 Å². The third-order valence-corrected chi connectivity index (χ3v) is 3.32. The van der Waals surface area contributed by atoms with Crippen LogP contribution in [0.25, 0.3) is 0 Å². The molecule has 0 saturated carbocycles. The van der Waals surface area contributed by atoms with E-state index in [0.717, 1.165) is 25.9 Å². The van der Waals surface area contributed by atoms with Gasteiger partial charge in [-0.05, 0) is 31.9 Å². The quantitative estimate of drug-likeness (QED) is 0.345. The number of carbonyl (C=O) groups is 1. The summed E-state index contributed by atoms with van der Waals surface area (Å²) < 4.78 is 10.9. The van der Waals surface area contributed by atoms with Gasteiger partial charge in [0.05, 0.1) is 12.3 Å². The summed E-state index contributed by atoms with van der Waals surface area (Å²) in [4.78, 5) is 12.0. The summed E-state index contributed by atoms with van der Waals surface area (Å²) in [7, 11) is 0. The Labute approximate surface area is 149 Å². The van der Waals surface area contributed by atoms with E-state index >= 15 is 0 Å². The Kier molecular flexibility index (Phi) is 10.5. The van der Waals surface area contributed by atoms with Gasteiger partial charge >= 0.3 is 0 Å². The van der Waals surface area contributed by atoms with Crippen molar-refractivity contribution >= 4 is 11.6 Å². The van der Waals surface area contributed by atoms with Gasteiger partial charge in [0.15, 0.2) is 0 Å². The van der Waals surface area contributed by atoms with E-state index in [1.807, 2.05) is 37.3 Å². The Morgan fingerprint density at radius 2 is 2.00 bits per heavy atom. The fourth-order valence-electron chi connectivity index (χ4n) is 1.99. The van der Waals surface area contributed by atoms with Gasteiger partial charge in [-0.25, -0.2) is 0 Å². The molecule has 0 aliphatic carbocycles. The lowest BCUT2D eigenvalue weighted by Gasteiger charge is -2.10. The van der Waals surface area contributed by atoms with Gasteiger partial charge in [-0.3, -0.25) is 4.79 Å². The molecule has 136 valence electrons. The minimum Gasteiger partial charge on any atom is -0.492 e. The smallest absolute Gasteiger partial charge is 0.263 e. The molecule has 0 radical (unpaired) electrons. The molecule has 25 heavy (non-hydrogen) atoms. The summed E-state index contributed by atoms with van der Waals surface area (Å²) in [6.45, 7) is 6.36. The van der Waals surface area contributed by atoms with Crippen molar-refractivity contribution in [3.05, 3.63) is 36.0 Å². The first-order chi connectivity index (χ1) is 12.2. The first-order valence-electron chi connectivity index (χ1n) is 8.67. The number of para-hydroxylation sites is 2. The number of anilines is 1. The fraction of sp³-hybridized carbons (Fsp3) is 0.474. The molecule has 0 fully saturated rings. The van der Waals surface area contributed by atoms with Crippen molar-refractivity contribution in [3.63, 3.8) is 0 Å². The van der Waals surface area contributed by atoms with Gasteiger partial charge in [0.2, 0.25) is 0 Å². The lowest BCUT2D eigenvalue weighted by Crippen LogP contribution is -2.26. The van der Waals surface area contributed by atoms with Crippen molar-refractivity contribution in [3.8, 4) is 11.8 Å². The average molecular weight is 345 g/mol. The molecule has 0 spiro atoms. The SMILES string of the molecule is CCCCOCCCNC(=O)/C(C#N)=C\Nc1ccccc1OCC. The average Bonchev–Trinajstić information content (AvgIpc) is 2.63. The molecule has 0 unspecified atom stereocenters. The van der Waals surface area contributed by atoms with Crippen LogP contribution in [0.2, 0.25) is 0 Å². The molecule has 1 aromatic rings. The minimum atomic E-state index is -0.405. The zero-order valence-corrected chi connectivity index (χ0v) is 15.0. The van der Waals surface area contributed by atoms with Crippen LogP contribution in [0.15, 0.2) is 36.0 Å². The van der Waals surface area contributed by atoms with Gasteiger partial charge in [0.1, 0.15) is 17.4 Å². The lowest BCUT2D eigenvalue weighted by molar-refractivity contribution is -0.117. The topological polar surface area (TPSA) is 83.4 Å². The maximum atomic E-state index is 12.0. The van der Waals surface area contributed by atoms with Crippen molar-refractivity contribution in [2.24, 2.45) is 0 Å². The first-order valence-corrected chi connectivity index (χ1v) is 8.67. The summed E-state index contributed by atoms with van der Waals surface area (Å²) in [5.41, 5.74) is 0.715. The number of hydrogen-bond acceptors (Lipinski definition) is 5. The number of ether oxygens (including phenoxy) is 2. The summed E-state index contributed by atoms with van der Waals surface area (Å²) >= 11 is 0. The summed E-state index contributed by atoms with van der Waals surface area (Å²) in [5.74, 6) is 0.264. The largest absolute Gasteiger partial charge is 0.492 e. The van der Waals surface area contributed by atoms with Crippen LogP contribution < -0.4 is 15.4 Å². The van der Waals surface area contributed by atoms with Crippen LogP contribution in [0.1, 0.15) is 33.1 Å². The highest BCUT2D eigenvalue weighted by atomic mass is 16.5. The molecule has 0 heterocycles. The van der Waals surface area contributed by atoms with E-state index in [0.29, 0.717) is 31.2 Å². The number of amides is 1. The number of rotatable bonds is 12. The highest BCUT2D eigenvalue weighted by molar-refractivity contribution is 5.97. The third kappa shape index (κ3) is 8.23. The minimum absolute atomic E-state index is 0.0122. The first kappa shape index (κ1) is 20.5. The molecule has 0 aliphatic heterocycles. The molecule has 6 heteroatoms. The standard InChI is InChI=1S/C19H27N3O3/c1-3-5-12-24-13-8-11-21-19(23)16(14-20)15-22-17-9-6-7-10-18(17)25-4-2/h6-7,9-10,15,22H,3-5,8,11-13H2,1-2H3,(H,21,23)/b16-15-. The molecule has 1 rings (SSSR count). The Bertz CT molecular complexity index is 594. The molecule has 1 aromatic carbocycles. The number of nitrogens with one attached hydrogen (secondary N) is 2. The summed E-state index contributed by atoms with van der Waals surface area (Å²) in [6.07, 6.45) is 4.26. The summed E-state index contributed by atoms with van der Waals surface area (Å²) in [6, 6.07) is 9.26. The molecule has 0 aliphatic rings. The number of benzene rings is 1. The van der Waals surface area contributed by atoms with E-state index in [9.17, 15) is 10.1 Å². The lowest BCUT2D eigenvalue weighted by atomic mass is 10.2. The number of nitriles is 1. The zero-order chi connectivity index (χ0) is 18.3. The van der Waals surface area contributed by atoms with Crippen molar-refractivity contribution in [2.45, 2.75) is 33.1 Å². The molecular formula is C19H27N3O3. The number of unbranched alkanes of at least 4 members (excludes halogenated alkanes) is 1. The molecule has 0 saturated heterocycles. The van der Waals surface area contributed by atoms with Crippen molar-refractivity contribution in [1.82, 2.24) is 5.32 Å². The fourth-order valence-corrected chi connectivity index (χ4v) is 1.99. The van der Waals surface area contributed by atoms with Gasteiger partial charge in [-0.1, -0.05) is 25.5 Å². The predicted molar refractivity (Wildman–Crippen MR) is 98.3 cm³/mol. The third-order valence-electron chi connectivity index (χ3n) is 3.32. The molecule has 1 amide bonds. The number of nitrogens with zero attached hydrogens (tertiary/aromatic N) is 1. The second kappa shape index (κ2) is 12.8. The van der Waals surface area contributed by atoms with Crippen LogP contribution in [0.3, 0.4) is 0 Å². The van der Waals surface area contributed by atoms with Gasteiger partial charge in [0, 0.05) is 26.0 Å². The monoisotopic (exact) mass is 345 g/mol. The zero-order valence-electron chi connectivity index (χ0n) is 15.0. The van der Waals surface area contributed by atoms with Crippen LogP contribution >= 0.6 is 0 Å². The molecule has 0 aromatic heterocycles. The molecule has 6 nitrogen and oxygen atoms in total. The van der Waals surface area contributed by atoms with E-state index in [2.05, 4.69) is 17.6 Å². The molecule has 0 atom stereocenters. The van der Waals surface area contributed by atoms with E-state index in [-0.39, 0.29) is 5.57 Å². The van der Waals surface area contributed by atoms with Gasteiger partial charge in [-0.2, -0.15) is 5.26 Å². The highest BCUT2D eigenvalue weighted by Crippen LogP contribution is 2.23. The van der Waals surface area contributed by atoms with E-state index < -0.39 is 5.91 Å². The Morgan fingerprint density at radius 1 is 1.24 bits per heavy atom. The number of carbonyl (C=O) groups excluding carboxylic acids is 1. The van der Waals surface area contributed by atoms with Crippen molar-refractivity contribution in [2.75, 3.05) is 31.7 Å². The van der Waals surface area contributed by atoms with Crippen molar-refractivity contribution in [1.29, 1.82) is 5.26 Å². The van der Waals surface area contributed by atoms with E-state index in [1.165, 1.54) is 6.20 Å². The summed E-state index contributed by atoms with van der Waals surface area (Å²) in [5, 5.41) is 14.9. The second-order valence-electron chi connectivity index (χ2n) is 5.32. The maximum absolute atomic E-state index is 12.0. The Balaban J connectivity index is 2.45. The van der Waals surface area contributed by atoms with Crippen molar-refractivity contribution < 1.29 is 14.3 Å². The van der Waals surface area contributed by atoms with Gasteiger partial charge in [-0.15, -0.1) is 0 Å². The maximum Gasteiger partial charge on any atom is 0.263 e. The second-order valence-corrected chi connectivity index (χ2v) is 5.32. The van der Waals surface area contributed by atoms with Gasteiger partial charge < -0.3 is 20.1 Å². The number of hydrogen-bond donors (Lipinski definition) is 2. The van der Waals surface area contributed by atoms with E-state index in [1.54, 1.807) is 0 Å². The highest BCUT2D eigenvalue weighted by Gasteiger charge is 2.08. The Hall–Kier alpha value is -2.52. The molecular weight excluding hydrogens is 318 g/mol. The normalized spacial score (nSPS) is 10.8. The molecule has 0 bridgehead atoms.